The number of likely N-dealkylation sites (N-methyl/N-ethyl adjacent to an activating group) is 1. The van der Waals surface area contributed by atoms with Gasteiger partial charge in [0.2, 0.25) is 0 Å². The maximum atomic E-state index is 11.3. The van der Waals surface area contributed by atoms with E-state index in [-0.39, 0.29) is 22.7 Å². The van der Waals surface area contributed by atoms with E-state index in [2.05, 4.69) is 4.90 Å². The van der Waals surface area contributed by atoms with Crippen molar-refractivity contribution in [3.05, 3.63) is 66.7 Å². The fourth-order valence-corrected chi connectivity index (χ4v) is 4.17. The molecule has 0 amide bonds. The molecule has 2 aromatic heterocycles. The number of nitro groups is 1. The lowest BCUT2D eigenvalue weighted by Crippen LogP contribution is -2.24. The summed E-state index contributed by atoms with van der Waals surface area (Å²) in [5.74, 6) is 0. The normalized spacial score (nSPS) is 23.5. The van der Waals surface area contributed by atoms with E-state index in [0.717, 1.165) is 9.75 Å². The van der Waals surface area contributed by atoms with Crippen LogP contribution in [0, 0.1) is 10.1 Å². The third-order valence-electron chi connectivity index (χ3n) is 3.31. The Labute approximate surface area is 118 Å². The average molecular weight is 292 g/mol. The van der Waals surface area contributed by atoms with E-state index in [9.17, 15) is 10.1 Å². The predicted molar refractivity (Wildman–Crippen MR) is 77.0 cm³/mol. The quantitative estimate of drug-likeness (QED) is 0.640. The Morgan fingerprint density at radius 3 is 2.37 bits per heavy atom. The van der Waals surface area contributed by atoms with E-state index < -0.39 is 0 Å². The molecule has 4 nitrogen and oxygen atoms in total. The van der Waals surface area contributed by atoms with E-state index in [1.165, 1.54) is 0 Å². The second-order valence-corrected chi connectivity index (χ2v) is 6.35. The van der Waals surface area contributed by atoms with E-state index in [1.807, 2.05) is 42.1 Å². The monoisotopic (exact) mass is 292 g/mol. The third-order valence-corrected chi connectivity index (χ3v) is 5.18. The zero-order valence-electron chi connectivity index (χ0n) is 10.2. The van der Waals surface area contributed by atoms with Crippen LogP contribution in [0.15, 0.2) is 46.8 Å². The van der Waals surface area contributed by atoms with Crippen LogP contribution in [0.25, 0.3) is 0 Å². The lowest BCUT2D eigenvalue weighted by molar-refractivity contribution is -0.431. The molecule has 3 rings (SSSR count). The Hall–Kier alpha value is -1.50. The molecule has 0 N–H and O–H groups in total. The van der Waals surface area contributed by atoms with Crippen LogP contribution in [0.2, 0.25) is 0 Å². The molecular weight excluding hydrogens is 280 g/mol. The maximum Gasteiger partial charge on any atom is 0.266 e. The molecule has 0 saturated heterocycles. The van der Waals surface area contributed by atoms with Gasteiger partial charge in [0.15, 0.2) is 0 Å². The molecule has 2 atom stereocenters. The topological polar surface area (TPSA) is 46.4 Å². The third kappa shape index (κ3) is 2.11. The highest BCUT2D eigenvalue weighted by Gasteiger charge is 2.41. The van der Waals surface area contributed by atoms with Gasteiger partial charge in [-0.1, -0.05) is 12.1 Å². The number of rotatable bonds is 3. The van der Waals surface area contributed by atoms with Crippen molar-refractivity contribution in [2.24, 2.45) is 0 Å². The van der Waals surface area contributed by atoms with E-state index in [1.54, 1.807) is 28.7 Å². The van der Waals surface area contributed by atoms with Crippen LogP contribution in [0.4, 0.5) is 0 Å². The molecule has 0 radical (unpaired) electrons. The Bertz CT molecular complexity index is 605. The fraction of sp³-hybridized carbons (Fsp3) is 0.231. The smallest absolute Gasteiger partial charge is 0.266 e. The van der Waals surface area contributed by atoms with Crippen LogP contribution >= 0.6 is 22.7 Å². The summed E-state index contributed by atoms with van der Waals surface area (Å²) in [5, 5.41) is 15.2. The van der Waals surface area contributed by atoms with Gasteiger partial charge in [0, 0.05) is 15.8 Å². The first-order valence-electron chi connectivity index (χ1n) is 5.83. The van der Waals surface area contributed by atoms with Crippen LogP contribution in [-0.2, 0) is 0 Å². The van der Waals surface area contributed by atoms with Gasteiger partial charge in [0.1, 0.15) is 6.04 Å². The minimum atomic E-state index is -0.255. The lowest BCUT2D eigenvalue weighted by atomic mass is 10.2. The molecule has 0 saturated carbocycles. The zero-order chi connectivity index (χ0) is 13.4. The van der Waals surface area contributed by atoms with Gasteiger partial charge in [0.25, 0.3) is 5.70 Å². The molecule has 1 aliphatic heterocycles. The lowest BCUT2D eigenvalue weighted by Gasteiger charge is -2.23. The van der Waals surface area contributed by atoms with Gasteiger partial charge >= 0.3 is 0 Å². The molecule has 0 unspecified atom stereocenters. The highest BCUT2D eigenvalue weighted by molar-refractivity contribution is 7.10. The summed E-state index contributed by atoms with van der Waals surface area (Å²) in [4.78, 5) is 15.3. The summed E-state index contributed by atoms with van der Waals surface area (Å²) in [7, 11) is 1.95. The molecule has 0 aliphatic carbocycles. The highest BCUT2D eigenvalue weighted by Crippen LogP contribution is 2.44. The Morgan fingerprint density at radius 2 is 1.84 bits per heavy atom. The summed E-state index contributed by atoms with van der Waals surface area (Å²) < 4.78 is 0. The van der Waals surface area contributed by atoms with Crippen molar-refractivity contribution in [3.8, 4) is 0 Å². The van der Waals surface area contributed by atoms with Crippen molar-refractivity contribution >= 4 is 22.7 Å². The maximum absolute atomic E-state index is 11.3. The molecule has 0 bridgehead atoms. The van der Waals surface area contributed by atoms with Gasteiger partial charge in [-0.2, -0.15) is 0 Å². The summed E-state index contributed by atoms with van der Waals surface area (Å²) >= 11 is 3.19. The summed E-state index contributed by atoms with van der Waals surface area (Å²) in [6.45, 7) is 0. The standard InChI is InChI=1S/C13H12N2O2S2/c1-14-9(11-4-2-6-18-11)8-10(15(16)17)13(14)12-5-3-7-19-12/h2-9,13H,1H3/t9-,13-/m0/s1. The first kappa shape index (κ1) is 12.5. The van der Waals surface area contributed by atoms with Crippen LogP contribution < -0.4 is 0 Å². The van der Waals surface area contributed by atoms with Crippen molar-refractivity contribution in [1.82, 2.24) is 4.90 Å². The molecule has 1 aliphatic rings. The van der Waals surface area contributed by atoms with Crippen molar-refractivity contribution in [2.45, 2.75) is 12.1 Å². The highest BCUT2D eigenvalue weighted by atomic mass is 32.1. The number of nitrogens with zero attached hydrogens (tertiary/aromatic N) is 2. The number of thiophene rings is 2. The van der Waals surface area contributed by atoms with Gasteiger partial charge in [-0.05, 0) is 29.9 Å². The first-order chi connectivity index (χ1) is 9.18. The van der Waals surface area contributed by atoms with Crippen LogP contribution in [0.1, 0.15) is 21.8 Å². The van der Waals surface area contributed by atoms with Crippen molar-refractivity contribution < 1.29 is 4.92 Å². The van der Waals surface area contributed by atoms with Gasteiger partial charge in [-0.15, -0.1) is 22.7 Å². The van der Waals surface area contributed by atoms with Gasteiger partial charge < -0.3 is 0 Å². The molecular formula is C13H12N2O2S2. The Balaban J connectivity index is 2.02. The molecule has 6 heteroatoms. The molecule has 2 aromatic rings. The largest absolute Gasteiger partial charge is 0.278 e. The molecule has 98 valence electrons. The van der Waals surface area contributed by atoms with Crippen LogP contribution in [0.5, 0.6) is 0 Å². The molecule has 19 heavy (non-hydrogen) atoms. The Kier molecular flexibility index (Phi) is 3.22. The SMILES string of the molecule is CN1[C@H](c2cccs2)C=C([N+](=O)[O-])[C@H]1c1cccs1. The molecule has 0 spiro atoms. The van der Waals surface area contributed by atoms with Crippen LogP contribution in [-0.4, -0.2) is 16.9 Å². The fourth-order valence-electron chi connectivity index (χ4n) is 2.44. The second kappa shape index (κ2) is 4.88. The van der Waals surface area contributed by atoms with Gasteiger partial charge in [-0.3, -0.25) is 15.0 Å². The second-order valence-electron chi connectivity index (χ2n) is 4.39. The van der Waals surface area contributed by atoms with Crippen LogP contribution in [0.3, 0.4) is 0 Å². The first-order valence-corrected chi connectivity index (χ1v) is 7.59. The number of hydrogen-bond donors (Lipinski definition) is 0. The Morgan fingerprint density at radius 1 is 1.21 bits per heavy atom. The minimum Gasteiger partial charge on any atom is -0.278 e. The summed E-state index contributed by atoms with van der Waals surface area (Å²) in [6.07, 6.45) is 1.77. The summed E-state index contributed by atoms with van der Waals surface area (Å²) in [6, 6.07) is 7.64. The molecule has 0 aromatic carbocycles. The van der Waals surface area contributed by atoms with E-state index in [4.69, 9.17) is 0 Å². The predicted octanol–water partition coefficient (Wildman–Crippen LogP) is 3.70. The molecule has 0 fully saturated rings. The van der Waals surface area contributed by atoms with Gasteiger partial charge in [-0.25, -0.2) is 0 Å². The van der Waals surface area contributed by atoms with Crippen molar-refractivity contribution in [3.63, 3.8) is 0 Å². The summed E-state index contributed by atoms with van der Waals surface area (Å²) in [5.41, 5.74) is 0.281. The van der Waals surface area contributed by atoms with E-state index in [0.29, 0.717) is 0 Å². The molecule has 3 heterocycles. The zero-order valence-corrected chi connectivity index (χ0v) is 11.9. The van der Waals surface area contributed by atoms with E-state index >= 15 is 0 Å². The van der Waals surface area contributed by atoms with Crippen molar-refractivity contribution in [2.75, 3.05) is 7.05 Å². The van der Waals surface area contributed by atoms with Crippen molar-refractivity contribution in [1.29, 1.82) is 0 Å². The van der Waals surface area contributed by atoms with Gasteiger partial charge in [0.05, 0.1) is 11.0 Å². The number of hydrogen-bond acceptors (Lipinski definition) is 5. The minimum absolute atomic E-state index is 0.00694. The average Bonchev–Trinajstić information content (AvgIpc) is 3.07.